The molecule has 1 aliphatic heterocycles. The maximum atomic E-state index is 11.4. The maximum Gasteiger partial charge on any atom is 0.138 e. The van der Waals surface area contributed by atoms with Crippen LogP contribution in [0.1, 0.15) is 25.7 Å². The van der Waals surface area contributed by atoms with Crippen LogP contribution in [0.15, 0.2) is 0 Å². The Hall–Kier alpha value is -0.410. The number of carbonyl (C=O) groups excluding carboxylic acids is 1. The first-order valence-corrected chi connectivity index (χ1v) is 4.65. The van der Waals surface area contributed by atoms with E-state index in [-0.39, 0.29) is 5.92 Å². The highest BCUT2D eigenvalue weighted by Crippen LogP contribution is 2.15. The summed E-state index contributed by atoms with van der Waals surface area (Å²) in [6.07, 6.45) is 3.50. The van der Waals surface area contributed by atoms with Crippen LogP contribution < -0.4 is 5.73 Å². The zero-order valence-corrected chi connectivity index (χ0v) is 7.42. The molecule has 0 amide bonds. The molecule has 70 valence electrons. The third-order valence-corrected chi connectivity index (χ3v) is 2.26. The summed E-state index contributed by atoms with van der Waals surface area (Å²) in [6.45, 7) is 2.09. The molecule has 0 bridgehead atoms. The van der Waals surface area contributed by atoms with Gasteiger partial charge in [-0.1, -0.05) is 0 Å². The van der Waals surface area contributed by atoms with Gasteiger partial charge in [0.15, 0.2) is 0 Å². The second-order valence-corrected chi connectivity index (χ2v) is 3.27. The highest BCUT2D eigenvalue weighted by molar-refractivity contribution is 5.81. The SMILES string of the molecule is NCCCCC(=O)C1CCOC1. The number of hydrogen-bond acceptors (Lipinski definition) is 3. The molecule has 1 atom stereocenters. The Labute approximate surface area is 73.3 Å². The Bertz CT molecular complexity index is 141. The second kappa shape index (κ2) is 5.27. The first-order chi connectivity index (χ1) is 5.84. The minimum atomic E-state index is 0.183. The van der Waals surface area contributed by atoms with Crippen LogP contribution in [-0.4, -0.2) is 25.5 Å². The Balaban J connectivity index is 2.10. The van der Waals surface area contributed by atoms with E-state index in [4.69, 9.17) is 10.5 Å². The van der Waals surface area contributed by atoms with Crippen molar-refractivity contribution < 1.29 is 9.53 Å². The van der Waals surface area contributed by atoms with Gasteiger partial charge in [-0.15, -0.1) is 0 Å². The molecule has 0 aromatic heterocycles. The molecule has 0 aromatic carbocycles. The molecular formula is C9H17NO2. The van der Waals surface area contributed by atoms with E-state index in [0.29, 0.717) is 25.4 Å². The normalized spacial score (nSPS) is 22.9. The number of ether oxygens (including phenoxy) is 1. The van der Waals surface area contributed by atoms with Crippen LogP contribution in [0.4, 0.5) is 0 Å². The second-order valence-electron chi connectivity index (χ2n) is 3.27. The van der Waals surface area contributed by atoms with Gasteiger partial charge in [0.2, 0.25) is 0 Å². The van der Waals surface area contributed by atoms with Gasteiger partial charge in [-0.3, -0.25) is 4.79 Å². The summed E-state index contributed by atoms with van der Waals surface area (Å²) in [4.78, 5) is 11.4. The molecular weight excluding hydrogens is 154 g/mol. The van der Waals surface area contributed by atoms with Gasteiger partial charge >= 0.3 is 0 Å². The molecule has 0 spiro atoms. The first kappa shape index (κ1) is 9.68. The van der Waals surface area contributed by atoms with E-state index < -0.39 is 0 Å². The van der Waals surface area contributed by atoms with E-state index in [1.54, 1.807) is 0 Å². The van der Waals surface area contributed by atoms with Crippen molar-refractivity contribution in [2.45, 2.75) is 25.7 Å². The molecule has 0 radical (unpaired) electrons. The largest absolute Gasteiger partial charge is 0.381 e. The van der Waals surface area contributed by atoms with E-state index in [1.165, 1.54) is 0 Å². The number of carbonyl (C=O) groups is 1. The Morgan fingerprint density at radius 3 is 2.92 bits per heavy atom. The molecule has 12 heavy (non-hydrogen) atoms. The number of ketones is 1. The molecule has 1 aliphatic rings. The highest BCUT2D eigenvalue weighted by Gasteiger charge is 2.22. The van der Waals surface area contributed by atoms with E-state index in [9.17, 15) is 4.79 Å². The number of rotatable bonds is 5. The van der Waals surface area contributed by atoms with Crippen molar-refractivity contribution >= 4 is 5.78 Å². The Morgan fingerprint density at radius 1 is 1.50 bits per heavy atom. The lowest BCUT2D eigenvalue weighted by atomic mass is 9.99. The maximum absolute atomic E-state index is 11.4. The third kappa shape index (κ3) is 2.91. The van der Waals surface area contributed by atoms with E-state index in [1.807, 2.05) is 0 Å². The fourth-order valence-electron chi connectivity index (χ4n) is 1.44. The number of unbranched alkanes of at least 4 members (excludes halogenated alkanes) is 1. The standard InChI is InChI=1S/C9H17NO2/c10-5-2-1-3-9(11)8-4-6-12-7-8/h8H,1-7,10H2. The van der Waals surface area contributed by atoms with Crippen LogP contribution in [0.5, 0.6) is 0 Å². The van der Waals surface area contributed by atoms with Crippen LogP contribution in [0.3, 0.4) is 0 Å². The number of nitrogens with two attached hydrogens (primary N) is 1. The van der Waals surface area contributed by atoms with Gasteiger partial charge in [-0.2, -0.15) is 0 Å². The topological polar surface area (TPSA) is 52.3 Å². The molecule has 1 rings (SSSR count). The van der Waals surface area contributed by atoms with Gasteiger partial charge in [0.05, 0.1) is 6.61 Å². The van der Waals surface area contributed by atoms with Crippen LogP contribution in [0.2, 0.25) is 0 Å². The minimum Gasteiger partial charge on any atom is -0.381 e. The van der Waals surface area contributed by atoms with E-state index in [0.717, 1.165) is 25.9 Å². The van der Waals surface area contributed by atoms with E-state index >= 15 is 0 Å². The molecule has 0 aromatic rings. The van der Waals surface area contributed by atoms with Crippen LogP contribution in [-0.2, 0) is 9.53 Å². The Kier molecular flexibility index (Phi) is 4.25. The average molecular weight is 171 g/mol. The predicted molar refractivity (Wildman–Crippen MR) is 46.8 cm³/mol. The van der Waals surface area contributed by atoms with Crippen LogP contribution >= 0.6 is 0 Å². The molecule has 0 saturated carbocycles. The minimum absolute atomic E-state index is 0.183. The molecule has 0 aliphatic carbocycles. The summed E-state index contributed by atoms with van der Waals surface area (Å²) in [5.74, 6) is 0.545. The molecule has 2 N–H and O–H groups in total. The lowest BCUT2D eigenvalue weighted by Gasteiger charge is -2.04. The van der Waals surface area contributed by atoms with Crippen molar-refractivity contribution in [3.63, 3.8) is 0 Å². The zero-order chi connectivity index (χ0) is 8.81. The third-order valence-electron chi connectivity index (χ3n) is 2.26. The van der Waals surface area contributed by atoms with Crippen molar-refractivity contribution in [1.29, 1.82) is 0 Å². The van der Waals surface area contributed by atoms with Gasteiger partial charge in [-0.05, 0) is 25.8 Å². The molecule has 1 unspecified atom stereocenters. The number of hydrogen-bond donors (Lipinski definition) is 1. The predicted octanol–water partition coefficient (Wildman–Crippen LogP) is 0.721. The van der Waals surface area contributed by atoms with Crippen molar-refractivity contribution in [2.24, 2.45) is 11.7 Å². The monoisotopic (exact) mass is 171 g/mol. The molecule has 3 nitrogen and oxygen atoms in total. The van der Waals surface area contributed by atoms with Crippen molar-refractivity contribution in [1.82, 2.24) is 0 Å². The fourth-order valence-corrected chi connectivity index (χ4v) is 1.44. The fraction of sp³-hybridized carbons (Fsp3) is 0.889. The van der Waals surface area contributed by atoms with Gasteiger partial charge in [0.1, 0.15) is 5.78 Å². The smallest absolute Gasteiger partial charge is 0.138 e. The van der Waals surface area contributed by atoms with Crippen LogP contribution in [0, 0.1) is 5.92 Å². The van der Waals surface area contributed by atoms with Gasteiger partial charge in [0.25, 0.3) is 0 Å². The summed E-state index contributed by atoms with van der Waals surface area (Å²) in [5, 5.41) is 0. The highest BCUT2D eigenvalue weighted by atomic mass is 16.5. The van der Waals surface area contributed by atoms with Gasteiger partial charge < -0.3 is 10.5 Å². The molecule has 1 saturated heterocycles. The first-order valence-electron chi connectivity index (χ1n) is 4.65. The van der Waals surface area contributed by atoms with Crippen molar-refractivity contribution in [3.8, 4) is 0 Å². The lowest BCUT2D eigenvalue weighted by molar-refractivity contribution is -0.122. The van der Waals surface area contributed by atoms with Crippen LogP contribution in [0.25, 0.3) is 0 Å². The summed E-state index contributed by atoms with van der Waals surface area (Å²) in [5.41, 5.74) is 5.33. The lowest BCUT2D eigenvalue weighted by Crippen LogP contribution is -2.14. The average Bonchev–Trinajstić information content (AvgIpc) is 2.56. The molecule has 3 heteroatoms. The molecule has 1 fully saturated rings. The van der Waals surface area contributed by atoms with E-state index in [2.05, 4.69) is 0 Å². The Morgan fingerprint density at radius 2 is 2.33 bits per heavy atom. The summed E-state index contributed by atoms with van der Waals surface area (Å²) < 4.78 is 5.14. The summed E-state index contributed by atoms with van der Waals surface area (Å²) in [6, 6.07) is 0. The zero-order valence-electron chi connectivity index (χ0n) is 7.42. The molecule has 1 heterocycles. The van der Waals surface area contributed by atoms with Gasteiger partial charge in [-0.25, -0.2) is 0 Å². The summed E-state index contributed by atoms with van der Waals surface area (Å²) in [7, 11) is 0. The van der Waals surface area contributed by atoms with Gasteiger partial charge in [0, 0.05) is 18.9 Å². The van der Waals surface area contributed by atoms with Crippen molar-refractivity contribution in [2.75, 3.05) is 19.8 Å². The quantitative estimate of drug-likeness (QED) is 0.620. The summed E-state index contributed by atoms with van der Waals surface area (Å²) >= 11 is 0. The number of Topliss-reactive ketones (excluding diaryl/α,β-unsaturated/α-hetero) is 1. The van der Waals surface area contributed by atoms with Crippen molar-refractivity contribution in [3.05, 3.63) is 0 Å².